The maximum Gasteiger partial charge on any atom is 0.246 e. The molecule has 2 N–H and O–H groups in total. The topological polar surface area (TPSA) is 67.2 Å². The molecule has 0 radical (unpaired) electrons. The number of hydrogen-bond donors (Lipinski definition) is 2. The van der Waals surface area contributed by atoms with Crippen molar-refractivity contribution in [2.45, 2.75) is 6.54 Å². The summed E-state index contributed by atoms with van der Waals surface area (Å²) in [5, 5.41) is 16.8. The van der Waals surface area contributed by atoms with Crippen LogP contribution >= 0.6 is 23.2 Å². The summed E-state index contributed by atoms with van der Waals surface area (Å²) in [7, 11) is 0. The van der Waals surface area contributed by atoms with Crippen LogP contribution in [0.15, 0.2) is 30.6 Å². The minimum Gasteiger partial charge on any atom is -0.506 e. The average Bonchev–Trinajstić information content (AvgIpc) is 2.69. The van der Waals surface area contributed by atoms with Crippen molar-refractivity contribution in [2.75, 3.05) is 5.32 Å². The number of carbonyl (C=O) groups excluding carboxylic acids is 1. The summed E-state index contributed by atoms with van der Waals surface area (Å²) in [6.07, 6.45) is 2.96. The van der Waals surface area contributed by atoms with Gasteiger partial charge in [-0.1, -0.05) is 23.2 Å². The van der Waals surface area contributed by atoms with Crippen LogP contribution < -0.4 is 5.32 Å². The molecule has 1 aromatic carbocycles. The summed E-state index contributed by atoms with van der Waals surface area (Å²) in [4.78, 5) is 11.7. The number of hydrogen-bond acceptors (Lipinski definition) is 3. The number of halogens is 2. The van der Waals surface area contributed by atoms with Crippen LogP contribution in [-0.4, -0.2) is 20.8 Å². The third-order valence-corrected chi connectivity index (χ3v) is 2.57. The fraction of sp³-hybridized carbons (Fsp3) is 0.0909. The lowest BCUT2D eigenvalue weighted by Crippen LogP contribution is -2.19. The quantitative estimate of drug-likeness (QED) is 0.852. The number of phenols is 1. The molecule has 0 saturated carbocycles. The molecule has 0 aliphatic heterocycles. The van der Waals surface area contributed by atoms with E-state index in [9.17, 15) is 9.90 Å². The minimum atomic E-state index is -0.340. The van der Waals surface area contributed by atoms with Gasteiger partial charge in [0.1, 0.15) is 12.3 Å². The van der Waals surface area contributed by atoms with Crippen molar-refractivity contribution in [1.29, 1.82) is 0 Å². The minimum absolute atomic E-state index is 0.00132. The van der Waals surface area contributed by atoms with Crippen molar-refractivity contribution in [2.24, 2.45) is 0 Å². The van der Waals surface area contributed by atoms with E-state index < -0.39 is 0 Å². The molecule has 94 valence electrons. The SMILES string of the molecule is O=C(Cn1cc(Cl)cn1)Nc1cc(Cl)ccc1O. The van der Waals surface area contributed by atoms with Gasteiger partial charge in [0.25, 0.3) is 0 Å². The van der Waals surface area contributed by atoms with Crippen LogP contribution in [0.1, 0.15) is 0 Å². The highest BCUT2D eigenvalue weighted by Crippen LogP contribution is 2.26. The van der Waals surface area contributed by atoms with Gasteiger partial charge in [0.05, 0.1) is 16.9 Å². The van der Waals surface area contributed by atoms with Crippen LogP contribution in [0.4, 0.5) is 5.69 Å². The molecule has 2 rings (SSSR count). The van der Waals surface area contributed by atoms with E-state index in [2.05, 4.69) is 10.4 Å². The zero-order valence-corrected chi connectivity index (χ0v) is 10.6. The predicted molar refractivity (Wildman–Crippen MR) is 69.0 cm³/mol. The highest BCUT2D eigenvalue weighted by molar-refractivity contribution is 6.31. The molecule has 0 unspecified atom stereocenters. The fourth-order valence-corrected chi connectivity index (χ4v) is 1.70. The van der Waals surface area contributed by atoms with Gasteiger partial charge in [-0.3, -0.25) is 9.48 Å². The lowest BCUT2D eigenvalue weighted by molar-refractivity contribution is -0.116. The van der Waals surface area contributed by atoms with Crippen molar-refractivity contribution in [3.05, 3.63) is 40.6 Å². The van der Waals surface area contributed by atoms with Gasteiger partial charge in [-0.05, 0) is 18.2 Å². The van der Waals surface area contributed by atoms with Gasteiger partial charge in [0.15, 0.2) is 0 Å². The Bertz CT molecular complexity index is 583. The number of aromatic nitrogens is 2. The van der Waals surface area contributed by atoms with E-state index >= 15 is 0 Å². The first-order valence-corrected chi connectivity index (χ1v) is 5.76. The molecule has 2 aromatic rings. The first-order valence-electron chi connectivity index (χ1n) is 5.01. The number of nitrogens with zero attached hydrogens (tertiary/aromatic N) is 2. The Hall–Kier alpha value is -1.72. The Morgan fingerprint density at radius 3 is 2.83 bits per heavy atom. The Morgan fingerprint density at radius 2 is 2.17 bits per heavy atom. The molecular formula is C11H9Cl2N3O2. The molecular weight excluding hydrogens is 277 g/mol. The maximum absolute atomic E-state index is 11.7. The first kappa shape index (κ1) is 12.7. The average molecular weight is 286 g/mol. The van der Waals surface area contributed by atoms with Crippen molar-refractivity contribution < 1.29 is 9.90 Å². The van der Waals surface area contributed by atoms with Gasteiger partial charge in [0.2, 0.25) is 5.91 Å². The molecule has 5 nitrogen and oxygen atoms in total. The Balaban J connectivity index is 2.05. The van der Waals surface area contributed by atoms with E-state index in [0.717, 1.165) is 0 Å². The van der Waals surface area contributed by atoms with E-state index in [1.54, 1.807) is 0 Å². The molecule has 0 aliphatic rings. The second-order valence-corrected chi connectivity index (χ2v) is 4.44. The van der Waals surface area contributed by atoms with E-state index in [-0.39, 0.29) is 23.9 Å². The Labute approximate surface area is 113 Å². The van der Waals surface area contributed by atoms with Gasteiger partial charge >= 0.3 is 0 Å². The monoisotopic (exact) mass is 285 g/mol. The molecule has 1 aromatic heterocycles. The molecule has 0 bridgehead atoms. The third kappa shape index (κ3) is 3.15. The third-order valence-electron chi connectivity index (χ3n) is 2.14. The summed E-state index contributed by atoms with van der Waals surface area (Å²) in [5.74, 6) is -0.390. The first-order chi connectivity index (χ1) is 8.54. The standard InChI is InChI=1S/C11H9Cl2N3O2/c12-7-1-2-10(17)9(3-7)15-11(18)6-16-5-8(13)4-14-16/h1-5,17H,6H2,(H,15,18). The smallest absolute Gasteiger partial charge is 0.246 e. The number of anilines is 1. The molecule has 0 saturated heterocycles. The van der Waals surface area contributed by atoms with Crippen LogP contribution in [0.5, 0.6) is 5.75 Å². The normalized spacial score (nSPS) is 10.3. The van der Waals surface area contributed by atoms with Crippen molar-refractivity contribution in [3.8, 4) is 5.75 Å². The van der Waals surface area contributed by atoms with E-state index in [4.69, 9.17) is 23.2 Å². The number of phenolic OH excluding ortho intramolecular Hbond substituents is 1. The van der Waals surface area contributed by atoms with Gasteiger partial charge in [-0.25, -0.2) is 0 Å². The summed E-state index contributed by atoms with van der Waals surface area (Å²) < 4.78 is 1.39. The van der Waals surface area contributed by atoms with Gasteiger partial charge in [-0.2, -0.15) is 5.10 Å². The van der Waals surface area contributed by atoms with Crippen molar-refractivity contribution in [1.82, 2.24) is 9.78 Å². The molecule has 18 heavy (non-hydrogen) atoms. The number of amides is 1. The number of nitrogens with one attached hydrogen (secondary N) is 1. The van der Waals surface area contributed by atoms with E-state index in [0.29, 0.717) is 10.0 Å². The summed E-state index contributed by atoms with van der Waals surface area (Å²) in [5.41, 5.74) is 0.255. The van der Waals surface area contributed by atoms with Crippen LogP contribution in [-0.2, 0) is 11.3 Å². The van der Waals surface area contributed by atoms with Crippen molar-refractivity contribution >= 4 is 34.8 Å². The van der Waals surface area contributed by atoms with Crippen LogP contribution in [0, 0.1) is 0 Å². The number of carbonyl (C=O) groups is 1. The fourth-order valence-electron chi connectivity index (χ4n) is 1.37. The highest BCUT2D eigenvalue weighted by atomic mass is 35.5. The summed E-state index contributed by atoms with van der Waals surface area (Å²) in [6.45, 7) is -0.00132. The maximum atomic E-state index is 11.7. The summed E-state index contributed by atoms with van der Waals surface area (Å²) in [6, 6.07) is 4.40. The Morgan fingerprint density at radius 1 is 1.39 bits per heavy atom. The van der Waals surface area contributed by atoms with Gasteiger partial charge < -0.3 is 10.4 Å². The zero-order chi connectivity index (χ0) is 13.1. The number of benzene rings is 1. The molecule has 0 aliphatic carbocycles. The molecule has 0 spiro atoms. The van der Waals surface area contributed by atoms with E-state index in [1.807, 2.05) is 0 Å². The second-order valence-electron chi connectivity index (χ2n) is 3.57. The molecule has 0 fully saturated rings. The lowest BCUT2D eigenvalue weighted by Gasteiger charge is -2.07. The lowest BCUT2D eigenvalue weighted by atomic mass is 10.3. The number of aromatic hydroxyl groups is 1. The predicted octanol–water partition coefficient (Wildman–Crippen LogP) is 2.53. The Kier molecular flexibility index (Phi) is 3.74. The van der Waals surface area contributed by atoms with E-state index in [1.165, 1.54) is 35.3 Å². The van der Waals surface area contributed by atoms with Gasteiger partial charge in [0, 0.05) is 11.2 Å². The second kappa shape index (κ2) is 5.29. The molecule has 0 atom stereocenters. The van der Waals surface area contributed by atoms with Crippen LogP contribution in [0.2, 0.25) is 10.0 Å². The van der Waals surface area contributed by atoms with Crippen LogP contribution in [0.25, 0.3) is 0 Å². The van der Waals surface area contributed by atoms with Crippen molar-refractivity contribution in [3.63, 3.8) is 0 Å². The van der Waals surface area contributed by atoms with Crippen LogP contribution in [0.3, 0.4) is 0 Å². The van der Waals surface area contributed by atoms with Gasteiger partial charge in [-0.15, -0.1) is 0 Å². The molecule has 1 amide bonds. The molecule has 7 heteroatoms. The molecule has 1 heterocycles. The highest BCUT2D eigenvalue weighted by Gasteiger charge is 2.08. The zero-order valence-electron chi connectivity index (χ0n) is 9.10. The largest absolute Gasteiger partial charge is 0.506 e. The number of rotatable bonds is 3. The summed E-state index contributed by atoms with van der Waals surface area (Å²) >= 11 is 11.4.